The summed E-state index contributed by atoms with van der Waals surface area (Å²) in [4.78, 5) is 38.7. The van der Waals surface area contributed by atoms with Gasteiger partial charge in [-0.15, -0.1) is 0 Å². The minimum absolute atomic E-state index is 0.139. The van der Waals surface area contributed by atoms with Crippen molar-refractivity contribution in [2.24, 2.45) is 17.8 Å². The van der Waals surface area contributed by atoms with Crippen LogP contribution in [-0.2, 0) is 19.1 Å². The molecule has 24 heavy (non-hydrogen) atoms. The number of carbonyl (C=O) groups excluding carboxylic acids is 3. The molecular formula is C19H25NO4. The highest BCUT2D eigenvalue weighted by Crippen LogP contribution is 2.37. The highest BCUT2D eigenvalue weighted by molar-refractivity contribution is 6.02. The van der Waals surface area contributed by atoms with Crippen LogP contribution in [-0.4, -0.2) is 35.7 Å². The van der Waals surface area contributed by atoms with Crippen LogP contribution in [0.2, 0.25) is 0 Å². The Bertz CT molecular complexity index is 613. The predicted molar refractivity (Wildman–Crippen MR) is 90.0 cm³/mol. The zero-order valence-electron chi connectivity index (χ0n) is 14.7. The normalized spacial score (nSPS) is 23.0. The molecule has 0 spiro atoms. The van der Waals surface area contributed by atoms with Crippen LogP contribution in [0.15, 0.2) is 30.3 Å². The topological polar surface area (TPSA) is 63.7 Å². The van der Waals surface area contributed by atoms with Crippen LogP contribution < -0.4 is 0 Å². The summed E-state index contributed by atoms with van der Waals surface area (Å²) in [5.74, 6) is -2.34. The van der Waals surface area contributed by atoms with E-state index < -0.39 is 11.8 Å². The number of likely N-dealkylation sites (tertiary alicyclic amines) is 1. The van der Waals surface area contributed by atoms with Crippen molar-refractivity contribution in [3.05, 3.63) is 35.9 Å². The molecule has 0 aromatic heterocycles. The summed E-state index contributed by atoms with van der Waals surface area (Å²) in [6, 6.07) is 9.55. The first kappa shape index (κ1) is 18.2. The number of carbonyl (C=O) groups is 3. The van der Waals surface area contributed by atoms with Gasteiger partial charge in [0.2, 0.25) is 5.91 Å². The lowest BCUT2D eigenvalue weighted by Gasteiger charge is -2.26. The van der Waals surface area contributed by atoms with Crippen LogP contribution >= 0.6 is 0 Å². The fourth-order valence-electron chi connectivity index (χ4n) is 3.42. The molecule has 5 heteroatoms. The minimum Gasteiger partial charge on any atom is -0.466 e. The quantitative estimate of drug-likeness (QED) is 0.594. The predicted octanol–water partition coefficient (Wildman–Crippen LogP) is 2.61. The van der Waals surface area contributed by atoms with Crippen LogP contribution in [0, 0.1) is 17.8 Å². The third kappa shape index (κ3) is 3.50. The van der Waals surface area contributed by atoms with Crippen molar-refractivity contribution in [2.45, 2.75) is 33.7 Å². The fraction of sp³-hybridized carbons (Fsp3) is 0.526. The second kappa shape index (κ2) is 7.60. The van der Waals surface area contributed by atoms with Crippen molar-refractivity contribution >= 4 is 17.7 Å². The van der Waals surface area contributed by atoms with Crippen LogP contribution in [0.4, 0.5) is 0 Å². The number of esters is 1. The highest BCUT2D eigenvalue weighted by Gasteiger charge is 2.48. The largest absolute Gasteiger partial charge is 0.466 e. The van der Waals surface area contributed by atoms with Gasteiger partial charge in [0.15, 0.2) is 0 Å². The Morgan fingerprint density at radius 1 is 1.25 bits per heavy atom. The van der Waals surface area contributed by atoms with Gasteiger partial charge >= 0.3 is 5.97 Å². The molecule has 1 saturated heterocycles. The number of amides is 1. The molecule has 1 aliphatic heterocycles. The molecule has 0 aliphatic carbocycles. The molecule has 1 aromatic rings. The summed E-state index contributed by atoms with van der Waals surface area (Å²) < 4.78 is 5.08. The van der Waals surface area contributed by atoms with Crippen molar-refractivity contribution in [3.63, 3.8) is 0 Å². The molecular weight excluding hydrogens is 306 g/mol. The lowest BCUT2D eigenvalue weighted by Crippen LogP contribution is -2.33. The number of nitrogens with zero attached hydrogens (tertiary/aromatic N) is 1. The maximum Gasteiger partial charge on any atom is 0.309 e. The Kier molecular flexibility index (Phi) is 5.75. The van der Waals surface area contributed by atoms with E-state index in [2.05, 4.69) is 0 Å². The van der Waals surface area contributed by atoms with E-state index in [1.807, 2.05) is 37.3 Å². The molecule has 1 amide bonds. The molecule has 5 nitrogen and oxygen atoms in total. The summed E-state index contributed by atoms with van der Waals surface area (Å²) in [6.07, 6.45) is 0. The third-order valence-corrected chi connectivity index (χ3v) is 4.87. The molecule has 4 atom stereocenters. The second-order valence-electron chi connectivity index (χ2n) is 6.37. The molecule has 130 valence electrons. The van der Waals surface area contributed by atoms with Crippen LogP contribution in [0.5, 0.6) is 0 Å². The lowest BCUT2D eigenvalue weighted by atomic mass is 9.82. The van der Waals surface area contributed by atoms with Gasteiger partial charge in [-0.25, -0.2) is 0 Å². The van der Waals surface area contributed by atoms with Gasteiger partial charge in [0.25, 0.3) is 0 Å². The van der Waals surface area contributed by atoms with Gasteiger partial charge in [0.05, 0.1) is 18.6 Å². The van der Waals surface area contributed by atoms with Crippen molar-refractivity contribution in [2.75, 3.05) is 13.2 Å². The first-order valence-corrected chi connectivity index (χ1v) is 8.41. The maximum absolute atomic E-state index is 12.8. The zero-order valence-corrected chi connectivity index (χ0v) is 14.7. The summed E-state index contributed by atoms with van der Waals surface area (Å²) in [7, 11) is 0. The molecule has 0 unspecified atom stereocenters. The van der Waals surface area contributed by atoms with E-state index in [1.54, 1.807) is 18.7 Å². The van der Waals surface area contributed by atoms with E-state index in [-0.39, 0.29) is 29.6 Å². The molecule has 0 radical (unpaired) electrons. The molecule has 1 heterocycles. The second-order valence-corrected chi connectivity index (χ2v) is 6.37. The van der Waals surface area contributed by atoms with Gasteiger partial charge in [-0.2, -0.15) is 0 Å². The zero-order chi connectivity index (χ0) is 17.9. The Hall–Kier alpha value is -2.17. The highest BCUT2D eigenvalue weighted by atomic mass is 16.5. The molecule has 0 saturated carbocycles. The molecule has 1 aliphatic rings. The molecule has 1 aromatic carbocycles. The monoisotopic (exact) mass is 331 g/mol. The smallest absolute Gasteiger partial charge is 0.309 e. The Balaban J connectivity index is 2.26. The average molecular weight is 331 g/mol. The fourth-order valence-corrected chi connectivity index (χ4v) is 3.42. The minimum atomic E-state index is -0.768. The summed E-state index contributed by atoms with van der Waals surface area (Å²) in [6.45, 7) is 7.53. The maximum atomic E-state index is 12.8. The Morgan fingerprint density at radius 2 is 1.88 bits per heavy atom. The summed E-state index contributed by atoms with van der Waals surface area (Å²) in [5.41, 5.74) is 1.01. The Morgan fingerprint density at radius 3 is 2.42 bits per heavy atom. The number of benzene rings is 1. The molecule has 1 fully saturated rings. The number of hydrogen-bond donors (Lipinski definition) is 0. The van der Waals surface area contributed by atoms with Gasteiger partial charge in [-0.3, -0.25) is 14.4 Å². The van der Waals surface area contributed by atoms with E-state index in [9.17, 15) is 14.4 Å². The molecule has 0 N–H and O–H groups in total. The lowest BCUT2D eigenvalue weighted by molar-refractivity contribution is -0.150. The standard InChI is InChI=1S/C19H25NO4/c1-5-24-19(23)12(2)16-11-20(18(22)17(16)14(4)21)13(3)15-9-7-6-8-10-15/h6-10,12-13,16-17H,5,11H2,1-4H3/t12-,13+,16-,17-/m1/s1. The van der Waals surface area contributed by atoms with Crippen molar-refractivity contribution < 1.29 is 19.1 Å². The van der Waals surface area contributed by atoms with E-state index >= 15 is 0 Å². The van der Waals surface area contributed by atoms with Crippen molar-refractivity contribution in [1.29, 1.82) is 0 Å². The third-order valence-electron chi connectivity index (χ3n) is 4.87. The number of Topliss-reactive ketones (excluding diaryl/α,β-unsaturated/α-hetero) is 1. The Labute approximate surface area is 143 Å². The van der Waals surface area contributed by atoms with Crippen LogP contribution in [0.25, 0.3) is 0 Å². The van der Waals surface area contributed by atoms with Gasteiger partial charge in [-0.1, -0.05) is 37.3 Å². The number of rotatable bonds is 6. The molecule has 2 rings (SSSR count). The van der Waals surface area contributed by atoms with E-state index in [1.165, 1.54) is 6.92 Å². The van der Waals surface area contributed by atoms with E-state index in [0.717, 1.165) is 5.56 Å². The summed E-state index contributed by atoms with van der Waals surface area (Å²) >= 11 is 0. The number of hydrogen-bond acceptors (Lipinski definition) is 4. The van der Waals surface area contributed by atoms with Gasteiger partial charge in [0, 0.05) is 12.5 Å². The van der Waals surface area contributed by atoms with E-state index in [0.29, 0.717) is 13.2 Å². The van der Waals surface area contributed by atoms with E-state index in [4.69, 9.17) is 4.74 Å². The van der Waals surface area contributed by atoms with Gasteiger partial charge < -0.3 is 9.64 Å². The summed E-state index contributed by atoms with van der Waals surface area (Å²) in [5, 5.41) is 0. The van der Waals surface area contributed by atoms with Crippen molar-refractivity contribution in [3.8, 4) is 0 Å². The SMILES string of the molecule is CCOC(=O)[C@H](C)[C@H]1CN([C@@H](C)c2ccccc2)C(=O)[C@@H]1C(C)=O. The van der Waals surface area contributed by atoms with Crippen LogP contribution in [0.1, 0.15) is 39.3 Å². The first-order valence-electron chi connectivity index (χ1n) is 8.41. The number of ketones is 1. The first-order chi connectivity index (χ1) is 11.4. The van der Waals surface area contributed by atoms with Gasteiger partial charge in [-0.05, 0) is 26.3 Å². The van der Waals surface area contributed by atoms with Gasteiger partial charge in [0.1, 0.15) is 11.7 Å². The average Bonchev–Trinajstić information content (AvgIpc) is 2.92. The van der Waals surface area contributed by atoms with Crippen LogP contribution in [0.3, 0.4) is 0 Å². The van der Waals surface area contributed by atoms with Crippen molar-refractivity contribution in [1.82, 2.24) is 4.90 Å². The number of ether oxygens (including phenoxy) is 1. The molecule has 0 bridgehead atoms.